The molecule has 12 aromatic rings. The molecule has 6 N–H and O–H groups in total. The summed E-state index contributed by atoms with van der Waals surface area (Å²) in [5.41, 5.74) is 25.7. The smallest absolute Gasteiger partial charge is 0.239 e. The van der Waals surface area contributed by atoms with Crippen LogP contribution in [0.15, 0.2) is 186 Å². The Labute approximate surface area is 823 Å². The van der Waals surface area contributed by atoms with E-state index in [0.717, 1.165) is 139 Å². The van der Waals surface area contributed by atoms with Crippen LogP contribution in [0.25, 0.3) is 68.1 Å². The summed E-state index contributed by atoms with van der Waals surface area (Å²) in [6.07, 6.45) is 17.8. The quantitative estimate of drug-likeness (QED) is 0.0597. The first-order valence-electron chi connectivity index (χ1n) is 47.6. The molecule has 7 aliphatic heterocycles. The highest BCUT2D eigenvalue weighted by atomic mass is 32.2. The van der Waals surface area contributed by atoms with Crippen LogP contribution in [0.2, 0.25) is 0 Å². The maximum Gasteiger partial charge on any atom is 0.239 e. The molecule has 10 atom stereocenters. The van der Waals surface area contributed by atoms with Crippen LogP contribution in [-0.4, -0.2) is 303 Å². The maximum absolute atomic E-state index is 13.1. The van der Waals surface area contributed by atoms with Crippen molar-refractivity contribution in [1.29, 1.82) is 0 Å². The fourth-order valence-electron chi connectivity index (χ4n) is 17.0. The lowest BCUT2D eigenvalue weighted by Gasteiger charge is -2.34. The van der Waals surface area contributed by atoms with Crippen LogP contribution >= 0.6 is 0 Å². The van der Waals surface area contributed by atoms with Gasteiger partial charge in [0.05, 0.1) is 204 Å². The molecule has 1 unspecified atom stereocenters. The molecule has 3 saturated carbocycles. The van der Waals surface area contributed by atoms with Crippen molar-refractivity contribution >= 4 is 146 Å². The number of fused-ring (bicyclic) bond motifs is 2. The molecule has 10 aliphatic rings. The third-order valence-electron chi connectivity index (χ3n) is 25.8. The SMILES string of the molecule is C[C@@H]1COCCN1c1cc(N=S(C)(=O)C2CC2)nc(-c2cccc(N)c2)n1.C[C@@H]1COCCN1c1cc(N=[S@@](C)(=O)C2CC2)nc(-c2cccc(N)c2)n1.C[C@@H]1COCCN1c1cc(N=[S@@](C)(=O)C2COC2)nc(-n2cnc3ccccc32)n1.C[C@@H]1COCCN1c1cc(N=[S@](C)(=O)C2CC2)nc(-c2cccc(N)c2)n1.C[C@@H]1COCCN1c1cc(N=[S@](C)(=O)C2COC2)nc(-n2cnc3ccccc32)n1. The number of hydrogen-bond acceptors (Lipinski definition) is 37. The Kier molecular flexibility index (Phi) is 30.2. The number of nitrogen functional groups attached to an aromatic ring is 3. The molecule has 10 fully saturated rings. The van der Waals surface area contributed by atoms with Gasteiger partial charge in [0.25, 0.3) is 0 Å². The lowest BCUT2D eigenvalue weighted by Crippen LogP contribution is -2.44. The molecule has 748 valence electrons. The van der Waals surface area contributed by atoms with E-state index < -0.39 is 48.6 Å². The van der Waals surface area contributed by atoms with Gasteiger partial charge in [0, 0.05) is 144 Å². The third kappa shape index (κ3) is 24.5. The van der Waals surface area contributed by atoms with Gasteiger partial charge in [0.15, 0.2) is 46.6 Å². The van der Waals surface area contributed by atoms with E-state index in [1.807, 2.05) is 161 Å². The van der Waals surface area contributed by atoms with Crippen LogP contribution in [0.1, 0.15) is 73.1 Å². The van der Waals surface area contributed by atoms with Gasteiger partial charge in [-0.25, -0.2) is 60.9 Å². The predicted octanol–water partition coefficient (Wildman–Crippen LogP) is 12.9. The van der Waals surface area contributed by atoms with E-state index in [-0.39, 0.29) is 56.5 Å². The van der Waals surface area contributed by atoms with Crippen LogP contribution in [0.5, 0.6) is 0 Å². The zero-order chi connectivity index (χ0) is 98.5. The first-order chi connectivity index (χ1) is 67.8. The maximum atomic E-state index is 13.1. The highest BCUT2D eigenvalue weighted by Gasteiger charge is 2.37. The van der Waals surface area contributed by atoms with Crippen LogP contribution in [0.4, 0.5) is 75.2 Å². The number of aromatic nitrogens is 14. The van der Waals surface area contributed by atoms with Gasteiger partial charge in [-0.05, 0) is 134 Å². The molecule has 5 aromatic carbocycles. The number of imidazole rings is 2. The Morgan fingerprint density at radius 3 is 0.794 bits per heavy atom. The molecule has 0 radical (unpaired) electrons. The van der Waals surface area contributed by atoms with Crippen molar-refractivity contribution in [2.75, 3.05) is 198 Å². The van der Waals surface area contributed by atoms with Crippen molar-refractivity contribution in [2.24, 2.45) is 21.8 Å². The van der Waals surface area contributed by atoms with Crippen molar-refractivity contribution in [2.45, 2.75) is 130 Å². The summed E-state index contributed by atoms with van der Waals surface area (Å²) >= 11 is 0. The van der Waals surface area contributed by atoms with Crippen molar-refractivity contribution in [3.8, 4) is 46.1 Å². The van der Waals surface area contributed by atoms with Crippen LogP contribution in [0, 0.1) is 0 Å². The lowest BCUT2D eigenvalue weighted by molar-refractivity contribution is 0.0430. The Morgan fingerprint density at radius 1 is 0.291 bits per heavy atom. The van der Waals surface area contributed by atoms with Crippen LogP contribution in [0.3, 0.4) is 0 Å². The number of morpholine rings is 5. The molecule has 14 heterocycles. The molecular formula is C97H123N27O12S5. The fraction of sp³-hybridized carbons (Fsp3) is 0.464. The van der Waals surface area contributed by atoms with E-state index in [9.17, 15) is 21.0 Å². The first-order valence-corrected chi connectivity index (χ1v) is 57.5. The van der Waals surface area contributed by atoms with Gasteiger partial charge in [0.2, 0.25) is 11.9 Å². The van der Waals surface area contributed by atoms with E-state index in [1.165, 1.54) is 0 Å². The van der Waals surface area contributed by atoms with Crippen LogP contribution in [-0.2, 0) is 81.8 Å². The van der Waals surface area contributed by atoms with E-state index in [0.29, 0.717) is 168 Å². The monoisotopic (exact) mass is 2020 g/mol. The van der Waals surface area contributed by atoms with E-state index in [4.69, 9.17) is 75.3 Å². The normalized spacial score (nSPS) is 22.1. The van der Waals surface area contributed by atoms with Gasteiger partial charge >= 0.3 is 0 Å². The van der Waals surface area contributed by atoms with Gasteiger partial charge in [-0.2, -0.15) is 41.7 Å². The van der Waals surface area contributed by atoms with Crippen LogP contribution < -0.4 is 41.7 Å². The second-order valence-corrected chi connectivity index (χ2v) is 50.2. The summed E-state index contributed by atoms with van der Waals surface area (Å²) in [7, 11) is -11.8. The summed E-state index contributed by atoms with van der Waals surface area (Å²) in [5, 5.41) is 0.378. The third-order valence-corrected chi connectivity index (χ3v) is 36.7. The second kappa shape index (κ2) is 42.8. The van der Waals surface area contributed by atoms with Gasteiger partial charge in [-0.1, -0.05) is 60.7 Å². The first kappa shape index (κ1) is 99.5. The minimum absolute atomic E-state index is 0.0734. The average Bonchev–Trinajstić information content (AvgIpc) is 1.51. The van der Waals surface area contributed by atoms with Crippen molar-refractivity contribution in [3.63, 3.8) is 0 Å². The average molecular weight is 2020 g/mol. The number of anilines is 8. The largest absolute Gasteiger partial charge is 0.399 e. The standard InChI is InChI=1S/2C20H24N6O3S.3C19H25N5O2S/c2*1-14-10-28-8-7-25(14)19-9-18(24-30(2,27)15-11-29-12-15)22-20(23-19)26-13-21-16-5-3-4-6-17(16)26;3*1-13-12-26-9-8-24(13)18-11-17(23-27(2,25)16-6-7-16)21-19(22-18)14-4-3-5-15(20)10-14/h2*3-6,9,13-15H,7-8,10-12H2,1-2H3;3*3-5,10-11,13,16H,6-9,12,20H2,1-2H3/t14-,30+;14-,30-;13-,27?;13-,27+;13-,27-/m11111/s1. The topological polar surface area (TPSA) is 471 Å². The number of para-hydroxylation sites is 4. The van der Waals surface area contributed by atoms with Crippen molar-refractivity contribution < 1.29 is 54.2 Å². The number of nitrogens with zero attached hydrogens (tertiary/aromatic N) is 24. The summed E-state index contributed by atoms with van der Waals surface area (Å²) in [5.74, 6) is 8.60. The second-order valence-electron chi connectivity index (χ2n) is 37.3. The molecule has 7 aromatic heterocycles. The summed E-state index contributed by atoms with van der Waals surface area (Å²) in [4.78, 5) is 66.8. The molecular weight excluding hydrogens is 1900 g/mol. The zero-order valence-electron chi connectivity index (χ0n) is 80.9. The summed E-state index contributed by atoms with van der Waals surface area (Å²) in [6, 6.07) is 48.1. The fourth-order valence-corrected chi connectivity index (χ4v) is 24.5. The molecule has 141 heavy (non-hydrogen) atoms. The van der Waals surface area contributed by atoms with Crippen molar-refractivity contribution in [1.82, 2.24) is 68.9 Å². The molecule has 0 amide bonds. The zero-order valence-corrected chi connectivity index (χ0v) is 85.0. The molecule has 0 spiro atoms. The lowest BCUT2D eigenvalue weighted by atomic mass is 10.2. The predicted molar refractivity (Wildman–Crippen MR) is 556 cm³/mol. The summed E-state index contributed by atoms with van der Waals surface area (Å²) in [6.45, 7) is 22.5. The van der Waals surface area contributed by atoms with Gasteiger partial charge in [-0.15, -0.1) is 0 Å². The van der Waals surface area contributed by atoms with Gasteiger partial charge in [0.1, 0.15) is 41.7 Å². The molecule has 7 saturated heterocycles. The van der Waals surface area contributed by atoms with E-state index in [1.54, 1.807) is 43.9 Å². The molecule has 0 bridgehead atoms. The highest BCUT2D eigenvalue weighted by molar-refractivity contribution is 7.95. The molecule has 39 nitrogen and oxygen atoms in total. The van der Waals surface area contributed by atoms with Crippen molar-refractivity contribution in [3.05, 3.63) is 164 Å². The van der Waals surface area contributed by atoms with E-state index in [2.05, 4.69) is 116 Å². The molecule has 22 rings (SSSR count). The van der Waals surface area contributed by atoms with Gasteiger partial charge in [-0.3, -0.25) is 9.13 Å². The number of ether oxygens (including phenoxy) is 7. The highest BCUT2D eigenvalue weighted by Crippen LogP contribution is 2.40. The Morgan fingerprint density at radius 2 is 0.546 bits per heavy atom. The number of rotatable bonds is 20. The Balaban J connectivity index is 0.000000117. The number of nitrogens with two attached hydrogens (primary N) is 3. The van der Waals surface area contributed by atoms with Gasteiger partial charge < -0.3 is 74.9 Å². The Bertz CT molecular complexity index is 6690. The minimum atomic E-state index is -2.47. The Hall–Kier alpha value is -11.7. The molecule has 3 aliphatic carbocycles. The number of benzene rings is 5. The minimum Gasteiger partial charge on any atom is -0.399 e. The van der Waals surface area contributed by atoms with E-state index >= 15 is 0 Å². The summed E-state index contributed by atoms with van der Waals surface area (Å²) < 4.78 is 130. The molecule has 44 heteroatoms. The number of hydrogen-bond donors (Lipinski definition) is 3.